The average Bonchev–Trinajstić information content (AvgIpc) is 2.72. The third-order valence-electron chi connectivity index (χ3n) is 4.12. The van der Waals surface area contributed by atoms with Gasteiger partial charge in [-0.15, -0.1) is 0 Å². The molecule has 0 amide bonds. The number of hydrogen-bond acceptors (Lipinski definition) is 2. The van der Waals surface area contributed by atoms with Gasteiger partial charge in [0.05, 0.1) is 0 Å². The molecule has 2 atom stereocenters. The van der Waals surface area contributed by atoms with Crippen molar-refractivity contribution in [2.45, 2.75) is 51.7 Å². The monoisotopic (exact) mass is 280 g/mol. The number of nitrogens with two attached hydrogens (primary N) is 1. The molecule has 104 valence electrons. The normalized spacial score (nSPS) is 23.7. The van der Waals surface area contributed by atoms with Crippen LogP contribution in [0.25, 0.3) is 0 Å². The molecule has 2 nitrogen and oxygen atoms in total. The van der Waals surface area contributed by atoms with Gasteiger partial charge >= 0.3 is 0 Å². The largest absolute Gasteiger partial charge is 0.389 e. The van der Waals surface area contributed by atoms with Gasteiger partial charge in [0.25, 0.3) is 0 Å². The molecule has 2 N–H and O–H groups in total. The fourth-order valence-corrected chi connectivity index (χ4v) is 3.10. The molecule has 0 bridgehead atoms. The maximum atomic E-state index is 14.3. The Kier molecular flexibility index (Phi) is 4.53. The predicted molar refractivity (Wildman–Crippen MR) is 80.6 cm³/mol. The maximum Gasteiger partial charge on any atom is 0.137 e. The molecule has 1 aromatic carbocycles. The Morgan fingerprint density at radius 1 is 1.47 bits per heavy atom. The lowest BCUT2D eigenvalue weighted by Gasteiger charge is -2.28. The number of rotatable bonds is 4. The van der Waals surface area contributed by atoms with Crippen molar-refractivity contribution in [2.24, 2.45) is 5.73 Å². The Morgan fingerprint density at radius 2 is 2.21 bits per heavy atom. The molecule has 1 heterocycles. The van der Waals surface area contributed by atoms with Crippen molar-refractivity contribution in [2.75, 3.05) is 0 Å². The second kappa shape index (κ2) is 5.97. The van der Waals surface area contributed by atoms with E-state index < -0.39 is 0 Å². The van der Waals surface area contributed by atoms with E-state index in [1.165, 1.54) is 12.8 Å². The minimum atomic E-state index is -0.260. The zero-order valence-corrected chi connectivity index (χ0v) is 12.3. The third kappa shape index (κ3) is 2.95. The Balaban J connectivity index is 2.23. The number of halogens is 1. The molecule has 0 aliphatic carbocycles. The molecule has 2 rings (SSSR count). The van der Waals surface area contributed by atoms with E-state index in [1.54, 1.807) is 6.07 Å². The quantitative estimate of drug-likeness (QED) is 0.859. The van der Waals surface area contributed by atoms with Crippen molar-refractivity contribution in [1.29, 1.82) is 0 Å². The molecule has 1 aliphatic rings. The van der Waals surface area contributed by atoms with Crippen LogP contribution in [-0.4, -0.2) is 22.0 Å². The van der Waals surface area contributed by atoms with E-state index in [9.17, 15) is 4.39 Å². The summed E-state index contributed by atoms with van der Waals surface area (Å²) in [5.74, 6) is -0.260. The number of benzene rings is 1. The van der Waals surface area contributed by atoms with E-state index in [2.05, 4.69) is 18.7 Å². The molecule has 2 unspecified atom stereocenters. The van der Waals surface area contributed by atoms with Gasteiger partial charge in [0, 0.05) is 29.8 Å². The van der Waals surface area contributed by atoms with Gasteiger partial charge < -0.3 is 5.73 Å². The summed E-state index contributed by atoms with van der Waals surface area (Å²) >= 11 is 4.89. The van der Waals surface area contributed by atoms with Crippen LogP contribution in [-0.2, 0) is 6.54 Å². The first-order chi connectivity index (χ1) is 9.04. The van der Waals surface area contributed by atoms with Gasteiger partial charge in [-0.2, -0.15) is 0 Å². The van der Waals surface area contributed by atoms with Gasteiger partial charge in [-0.05, 0) is 32.3 Å². The summed E-state index contributed by atoms with van der Waals surface area (Å²) in [5.41, 5.74) is 6.60. The molecule has 1 fully saturated rings. The third-order valence-corrected chi connectivity index (χ3v) is 4.34. The maximum absolute atomic E-state index is 14.3. The molecule has 4 heteroatoms. The summed E-state index contributed by atoms with van der Waals surface area (Å²) in [4.78, 5) is 2.52. The number of thiocarbonyl (C=S) groups is 1. The van der Waals surface area contributed by atoms with Crippen LogP contribution in [0.2, 0.25) is 0 Å². The van der Waals surface area contributed by atoms with Crippen LogP contribution in [0.15, 0.2) is 18.2 Å². The van der Waals surface area contributed by atoms with Crippen molar-refractivity contribution < 1.29 is 4.39 Å². The highest BCUT2D eigenvalue weighted by Gasteiger charge is 2.29. The van der Waals surface area contributed by atoms with Gasteiger partial charge in [0.15, 0.2) is 0 Å². The Bertz CT molecular complexity index is 475. The number of hydrogen-bond donors (Lipinski definition) is 1. The first kappa shape index (κ1) is 14.4. The van der Waals surface area contributed by atoms with E-state index in [-0.39, 0.29) is 10.8 Å². The van der Waals surface area contributed by atoms with Gasteiger partial charge in [-0.1, -0.05) is 31.3 Å². The van der Waals surface area contributed by atoms with E-state index in [0.717, 1.165) is 6.42 Å². The lowest BCUT2D eigenvalue weighted by atomic mass is 10.1. The lowest BCUT2D eigenvalue weighted by Crippen LogP contribution is -2.34. The van der Waals surface area contributed by atoms with Gasteiger partial charge in [0.1, 0.15) is 10.8 Å². The molecule has 0 aromatic heterocycles. The van der Waals surface area contributed by atoms with E-state index >= 15 is 0 Å². The van der Waals surface area contributed by atoms with Crippen molar-refractivity contribution in [3.8, 4) is 0 Å². The SMILES string of the molecule is CCC1CCC(C)N1Cc1cccc(C(N)=S)c1F. The van der Waals surface area contributed by atoms with Crippen LogP contribution in [0.3, 0.4) is 0 Å². The molecule has 0 saturated carbocycles. The minimum absolute atomic E-state index is 0.126. The van der Waals surface area contributed by atoms with Crippen LogP contribution in [0, 0.1) is 5.82 Å². The molecule has 19 heavy (non-hydrogen) atoms. The summed E-state index contributed by atoms with van der Waals surface area (Å²) in [7, 11) is 0. The van der Waals surface area contributed by atoms with Crippen molar-refractivity contribution in [3.63, 3.8) is 0 Å². The van der Waals surface area contributed by atoms with Crippen molar-refractivity contribution in [3.05, 3.63) is 35.1 Å². The second-order valence-corrected chi connectivity index (χ2v) is 5.74. The predicted octanol–water partition coefficient (Wildman–Crippen LogP) is 3.22. The van der Waals surface area contributed by atoms with E-state index in [4.69, 9.17) is 18.0 Å². The van der Waals surface area contributed by atoms with E-state index in [1.807, 2.05) is 12.1 Å². The zero-order chi connectivity index (χ0) is 14.0. The van der Waals surface area contributed by atoms with Gasteiger partial charge in [-0.3, -0.25) is 4.90 Å². The lowest BCUT2D eigenvalue weighted by molar-refractivity contribution is 0.187. The zero-order valence-electron chi connectivity index (χ0n) is 11.5. The molecular weight excluding hydrogens is 259 g/mol. The summed E-state index contributed by atoms with van der Waals surface area (Å²) in [6, 6.07) is 6.37. The number of nitrogens with zero attached hydrogens (tertiary/aromatic N) is 1. The minimum Gasteiger partial charge on any atom is -0.389 e. The summed E-state index contributed by atoms with van der Waals surface area (Å²) in [6.45, 7) is 5.05. The Labute approximate surface area is 119 Å². The van der Waals surface area contributed by atoms with Gasteiger partial charge in [-0.25, -0.2) is 4.39 Å². The fourth-order valence-electron chi connectivity index (χ4n) is 2.94. The first-order valence-corrected chi connectivity index (χ1v) is 7.28. The molecule has 0 radical (unpaired) electrons. The summed E-state index contributed by atoms with van der Waals surface area (Å²) in [5, 5.41) is 0. The highest BCUT2D eigenvalue weighted by Crippen LogP contribution is 2.28. The molecule has 1 aliphatic heterocycles. The van der Waals surface area contributed by atoms with Crippen LogP contribution in [0.5, 0.6) is 0 Å². The van der Waals surface area contributed by atoms with Crippen LogP contribution >= 0.6 is 12.2 Å². The summed E-state index contributed by atoms with van der Waals surface area (Å²) < 4.78 is 14.3. The fraction of sp³-hybridized carbons (Fsp3) is 0.533. The smallest absolute Gasteiger partial charge is 0.137 e. The van der Waals surface area contributed by atoms with Gasteiger partial charge in [0.2, 0.25) is 0 Å². The Hall–Kier alpha value is -1.00. The van der Waals surface area contributed by atoms with Crippen LogP contribution < -0.4 is 5.73 Å². The standard InChI is InChI=1S/C15H21FN2S/c1-3-12-8-7-10(2)18(12)9-11-5-4-6-13(14(11)16)15(17)19/h4-6,10,12H,3,7-9H2,1-2H3,(H2,17,19). The second-order valence-electron chi connectivity index (χ2n) is 5.30. The first-order valence-electron chi connectivity index (χ1n) is 6.87. The van der Waals surface area contributed by atoms with Crippen molar-refractivity contribution >= 4 is 17.2 Å². The summed E-state index contributed by atoms with van der Waals surface area (Å²) in [6.07, 6.45) is 3.50. The molecule has 1 saturated heterocycles. The van der Waals surface area contributed by atoms with Crippen molar-refractivity contribution in [1.82, 2.24) is 4.90 Å². The highest BCUT2D eigenvalue weighted by atomic mass is 32.1. The number of likely N-dealkylation sites (tertiary alicyclic amines) is 1. The average molecular weight is 280 g/mol. The molecule has 1 aromatic rings. The highest BCUT2D eigenvalue weighted by molar-refractivity contribution is 7.80. The molecular formula is C15H21FN2S. The molecule has 0 spiro atoms. The van der Waals surface area contributed by atoms with Crippen LogP contribution in [0.1, 0.15) is 44.2 Å². The van der Waals surface area contributed by atoms with E-state index in [0.29, 0.717) is 29.8 Å². The topological polar surface area (TPSA) is 29.3 Å². The van der Waals surface area contributed by atoms with Crippen LogP contribution in [0.4, 0.5) is 4.39 Å². The Morgan fingerprint density at radius 3 is 2.84 bits per heavy atom.